The Labute approximate surface area is 119 Å². The Balaban J connectivity index is 1.85. The van der Waals surface area contributed by atoms with E-state index < -0.39 is 0 Å². The molecule has 2 aromatic rings. The lowest BCUT2D eigenvalue weighted by Crippen LogP contribution is -2.49. The minimum absolute atomic E-state index is 0.192. The van der Waals surface area contributed by atoms with Crippen LogP contribution < -0.4 is 0 Å². The number of H-pyrrole nitrogens is 1. The number of rotatable bonds is 1. The third-order valence-corrected chi connectivity index (χ3v) is 5.30. The Morgan fingerprint density at radius 1 is 1.40 bits per heavy atom. The van der Waals surface area contributed by atoms with Gasteiger partial charge in [-0.15, -0.1) is 0 Å². The van der Waals surface area contributed by atoms with Crippen molar-refractivity contribution in [2.24, 2.45) is 5.92 Å². The third-order valence-electron chi connectivity index (χ3n) is 5.30. The monoisotopic (exact) mass is 268 g/mol. The first-order valence-electron chi connectivity index (χ1n) is 7.44. The fourth-order valence-corrected chi connectivity index (χ4v) is 4.24. The molecular formula is C17H20N2O. The molecule has 3 atom stereocenters. The van der Waals surface area contributed by atoms with Crippen molar-refractivity contribution in [3.8, 4) is 0 Å². The summed E-state index contributed by atoms with van der Waals surface area (Å²) in [6, 6.07) is 7.09. The molecule has 3 heteroatoms. The molecule has 0 bridgehead atoms. The van der Waals surface area contributed by atoms with E-state index in [9.17, 15) is 4.79 Å². The van der Waals surface area contributed by atoms with Gasteiger partial charge in [-0.2, -0.15) is 0 Å². The number of Topliss-reactive ketones (excluding diaryl/α,β-unsaturated/α-hetero) is 1. The molecule has 104 valence electrons. The zero-order chi connectivity index (χ0) is 13.9. The third kappa shape index (κ3) is 1.59. The molecule has 0 saturated carbocycles. The van der Waals surface area contributed by atoms with Crippen LogP contribution in [0, 0.1) is 5.92 Å². The number of aromatic amines is 1. The first-order valence-corrected chi connectivity index (χ1v) is 7.44. The van der Waals surface area contributed by atoms with Gasteiger partial charge in [-0.25, -0.2) is 0 Å². The van der Waals surface area contributed by atoms with E-state index in [4.69, 9.17) is 0 Å². The first kappa shape index (κ1) is 12.2. The summed E-state index contributed by atoms with van der Waals surface area (Å²) in [5.41, 5.74) is 4.11. The van der Waals surface area contributed by atoms with Crippen molar-refractivity contribution < 1.29 is 4.79 Å². The van der Waals surface area contributed by atoms with Crippen LogP contribution in [-0.4, -0.2) is 35.3 Å². The summed E-state index contributed by atoms with van der Waals surface area (Å²) >= 11 is 0. The van der Waals surface area contributed by atoms with Gasteiger partial charge >= 0.3 is 0 Å². The number of carbonyl (C=O) groups excluding carboxylic acids is 1. The Morgan fingerprint density at radius 2 is 2.25 bits per heavy atom. The smallest absolute Gasteiger partial charge is 0.134 e. The molecule has 1 aliphatic carbocycles. The Morgan fingerprint density at radius 3 is 3.05 bits per heavy atom. The zero-order valence-electron chi connectivity index (χ0n) is 12.0. The summed E-state index contributed by atoms with van der Waals surface area (Å²) < 4.78 is 0. The Hall–Kier alpha value is -1.61. The van der Waals surface area contributed by atoms with Gasteiger partial charge in [-0.3, -0.25) is 4.79 Å². The standard InChI is InChI=1S/C17H20N2O/c1-10(20)12-6-14-13-4-3-5-15-17(13)11(8-18-15)7-16(14)19(2)9-12/h3-5,8,12,14,16,18H,6-7,9H2,1-2H3/t12?,14-,16-/m1/s1. The van der Waals surface area contributed by atoms with E-state index in [1.807, 2.05) is 0 Å². The van der Waals surface area contributed by atoms with Gasteiger partial charge in [0.1, 0.15) is 5.78 Å². The second kappa shape index (κ2) is 4.19. The molecule has 0 amide bonds. The number of carbonyl (C=O) groups is 1. The number of hydrogen-bond acceptors (Lipinski definition) is 2. The first-order chi connectivity index (χ1) is 9.65. The van der Waals surface area contributed by atoms with E-state index in [0.29, 0.717) is 17.7 Å². The van der Waals surface area contributed by atoms with Gasteiger partial charge in [-0.05, 0) is 44.0 Å². The van der Waals surface area contributed by atoms with Crippen LogP contribution >= 0.6 is 0 Å². The molecule has 1 saturated heterocycles. The van der Waals surface area contributed by atoms with E-state index in [1.165, 1.54) is 22.0 Å². The van der Waals surface area contributed by atoms with Crippen LogP contribution in [0.2, 0.25) is 0 Å². The Bertz CT molecular complexity index is 687. The summed E-state index contributed by atoms with van der Waals surface area (Å²) in [4.78, 5) is 17.6. The van der Waals surface area contributed by atoms with Crippen molar-refractivity contribution >= 4 is 16.7 Å². The van der Waals surface area contributed by atoms with Crippen LogP contribution in [0.3, 0.4) is 0 Å². The average Bonchev–Trinajstić information content (AvgIpc) is 2.84. The van der Waals surface area contributed by atoms with Crippen molar-refractivity contribution in [1.29, 1.82) is 0 Å². The number of fused-ring (bicyclic) bond motifs is 2. The largest absolute Gasteiger partial charge is 0.361 e. The molecule has 1 unspecified atom stereocenters. The van der Waals surface area contributed by atoms with E-state index in [1.54, 1.807) is 6.92 Å². The maximum Gasteiger partial charge on any atom is 0.134 e. The van der Waals surface area contributed by atoms with E-state index >= 15 is 0 Å². The van der Waals surface area contributed by atoms with Gasteiger partial charge in [0.25, 0.3) is 0 Å². The molecule has 1 aromatic carbocycles. The predicted octanol–water partition coefficient (Wildman–Crippen LogP) is 2.72. The van der Waals surface area contributed by atoms with E-state index in [0.717, 1.165) is 19.4 Å². The number of nitrogens with zero attached hydrogens (tertiary/aromatic N) is 1. The molecular weight excluding hydrogens is 248 g/mol. The molecule has 1 aromatic heterocycles. The summed E-state index contributed by atoms with van der Waals surface area (Å²) in [6.07, 6.45) is 4.27. The number of aromatic nitrogens is 1. The molecule has 0 radical (unpaired) electrons. The normalized spacial score (nSPS) is 29.4. The summed E-state index contributed by atoms with van der Waals surface area (Å²) in [5, 5.41) is 1.41. The van der Waals surface area contributed by atoms with E-state index in [-0.39, 0.29) is 5.92 Å². The number of benzene rings is 1. The molecule has 20 heavy (non-hydrogen) atoms. The highest BCUT2D eigenvalue weighted by Crippen LogP contribution is 2.44. The molecule has 3 nitrogen and oxygen atoms in total. The van der Waals surface area contributed by atoms with Gasteiger partial charge in [0.05, 0.1) is 0 Å². The van der Waals surface area contributed by atoms with Gasteiger partial charge in [0.2, 0.25) is 0 Å². The second-order valence-corrected chi connectivity index (χ2v) is 6.44. The lowest BCUT2D eigenvalue weighted by atomic mass is 9.72. The van der Waals surface area contributed by atoms with Crippen LogP contribution in [0.5, 0.6) is 0 Å². The summed E-state index contributed by atoms with van der Waals surface area (Å²) in [7, 11) is 2.17. The topological polar surface area (TPSA) is 36.1 Å². The second-order valence-electron chi connectivity index (χ2n) is 6.44. The SMILES string of the molecule is CC(=O)C1C[C@@H]2c3cccc4[nH]cc(c34)C[C@H]2N(C)C1. The molecule has 4 rings (SSSR count). The number of ketones is 1. The maximum absolute atomic E-state index is 11.8. The summed E-state index contributed by atoms with van der Waals surface area (Å²) in [6.45, 7) is 2.65. The number of hydrogen-bond donors (Lipinski definition) is 1. The average molecular weight is 268 g/mol. The highest BCUT2D eigenvalue weighted by atomic mass is 16.1. The molecule has 2 heterocycles. The summed E-state index contributed by atoms with van der Waals surface area (Å²) in [5.74, 6) is 1.02. The van der Waals surface area contributed by atoms with Crippen molar-refractivity contribution in [3.63, 3.8) is 0 Å². The quantitative estimate of drug-likeness (QED) is 0.863. The zero-order valence-corrected chi connectivity index (χ0v) is 12.0. The van der Waals surface area contributed by atoms with Crippen molar-refractivity contribution in [3.05, 3.63) is 35.5 Å². The highest BCUT2D eigenvalue weighted by Gasteiger charge is 2.40. The Kier molecular flexibility index (Phi) is 2.55. The maximum atomic E-state index is 11.8. The van der Waals surface area contributed by atoms with Gasteiger partial charge < -0.3 is 9.88 Å². The van der Waals surface area contributed by atoms with Crippen LogP contribution in [0.1, 0.15) is 30.4 Å². The van der Waals surface area contributed by atoms with Crippen LogP contribution in [0.4, 0.5) is 0 Å². The minimum atomic E-state index is 0.192. The minimum Gasteiger partial charge on any atom is -0.361 e. The number of likely N-dealkylation sites (N-methyl/N-ethyl adjacent to an activating group) is 1. The molecule has 1 aliphatic heterocycles. The molecule has 0 spiro atoms. The molecule has 1 fully saturated rings. The van der Waals surface area contributed by atoms with Gasteiger partial charge in [-0.1, -0.05) is 12.1 Å². The number of piperidine rings is 1. The lowest BCUT2D eigenvalue weighted by Gasteiger charge is -2.45. The van der Waals surface area contributed by atoms with Crippen molar-refractivity contribution in [1.82, 2.24) is 9.88 Å². The van der Waals surface area contributed by atoms with Crippen LogP contribution in [0.15, 0.2) is 24.4 Å². The number of nitrogens with one attached hydrogen (secondary N) is 1. The molecule has 2 aliphatic rings. The predicted molar refractivity (Wildman–Crippen MR) is 79.9 cm³/mol. The molecule has 1 N–H and O–H groups in total. The highest BCUT2D eigenvalue weighted by molar-refractivity contribution is 5.88. The van der Waals surface area contributed by atoms with Gasteiger partial charge in [0.15, 0.2) is 0 Å². The van der Waals surface area contributed by atoms with E-state index in [2.05, 4.69) is 41.3 Å². The fraction of sp³-hybridized carbons (Fsp3) is 0.471. The van der Waals surface area contributed by atoms with Crippen molar-refractivity contribution in [2.75, 3.05) is 13.6 Å². The van der Waals surface area contributed by atoms with Gasteiger partial charge in [0, 0.05) is 41.5 Å². The number of likely N-dealkylation sites (tertiary alicyclic amines) is 1. The van der Waals surface area contributed by atoms with Crippen LogP contribution in [0.25, 0.3) is 10.9 Å². The van der Waals surface area contributed by atoms with Crippen molar-refractivity contribution in [2.45, 2.75) is 31.7 Å². The lowest BCUT2D eigenvalue weighted by molar-refractivity contribution is -0.123. The fourth-order valence-electron chi connectivity index (χ4n) is 4.24. The van der Waals surface area contributed by atoms with Crippen LogP contribution in [-0.2, 0) is 11.2 Å².